The molecule has 0 spiro atoms. The first kappa shape index (κ1) is 16.6. The van der Waals surface area contributed by atoms with Crippen LogP contribution in [0.2, 0.25) is 0 Å². The van der Waals surface area contributed by atoms with Gasteiger partial charge in [0.15, 0.2) is 0 Å². The Morgan fingerprint density at radius 3 is 2.72 bits per heavy atom. The summed E-state index contributed by atoms with van der Waals surface area (Å²) in [5.41, 5.74) is 0.494. The summed E-state index contributed by atoms with van der Waals surface area (Å²) in [6, 6.07) is 5.14. The van der Waals surface area contributed by atoms with Crippen molar-refractivity contribution < 1.29 is 22.8 Å². The van der Waals surface area contributed by atoms with Gasteiger partial charge in [0, 0.05) is 30.6 Å². The van der Waals surface area contributed by atoms with Crippen LogP contribution in [0.3, 0.4) is 0 Å². The highest BCUT2D eigenvalue weighted by molar-refractivity contribution is 5.34. The zero-order valence-corrected chi connectivity index (χ0v) is 13.5. The second-order valence-corrected chi connectivity index (χ2v) is 6.91. The van der Waals surface area contributed by atoms with Crippen LogP contribution in [0.1, 0.15) is 53.7 Å². The van der Waals surface area contributed by atoms with Crippen LogP contribution in [-0.2, 0) is 12.7 Å². The fourth-order valence-electron chi connectivity index (χ4n) is 3.71. The van der Waals surface area contributed by atoms with Gasteiger partial charge in [0.25, 0.3) is 0 Å². The summed E-state index contributed by atoms with van der Waals surface area (Å²) >= 11 is 0. The Morgan fingerprint density at radius 1 is 1.24 bits per heavy atom. The van der Waals surface area contributed by atoms with E-state index >= 15 is 0 Å². The lowest BCUT2D eigenvalue weighted by Crippen LogP contribution is -2.26. The summed E-state index contributed by atoms with van der Waals surface area (Å²) in [6.45, 7) is 0.773. The third kappa shape index (κ3) is 3.30. The number of aliphatic hydroxyl groups excluding tert-OH is 1. The van der Waals surface area contributed by atoms with E-state index in [-0.39, 0.29) is 12.0 Å². The Balaban J connectivity index is 1.63. The summed E-state index contributed by atoms with van der Waals surface area (Å²) in [5, 5.41) is 13.9. The van der Waals surface area contributed by atoms with Gasteiger partial charge in [-0.15, -0.1) is 0 Å². The number of rotatable bonds is 4. The molecule has 25 heavy (non-hydrogen) atoms. The Bertz CT molecular complexity index is 755. The van der Waals surface area contributed by atoms with E-state index < -0.39 is 23.9 Å². The molecule has 1 aliphatic heterocycles. The van der Waals surface area contributed by atoms with Gasteiger partial charge in [0.05, 0.1) is 17.9 Å². The number of benzene rings is 1. The minimum atomic E-state index is -4.41. The summed E-state index contributed by atoms with van der Waals surface area (Å²) in [7, 11) is 0. The Morgan fingerprint density at radius 2 is 2.00 bits per heavy atom. The number of hydrogen-bond acceptors (Lipinski definition) is 4. The third-order valence-electron chi connectivity index (χ3n) is 5.00. The predicted octanol–water partition coefficient (Wildman–Crippen LogP) is 3.88. The van der Waals surface area contributed by atoms with Crippen molar-refractivity contribution in [3.63, 3.8) is 0 Å². The first-order chi connectivity index (χ1) is 11.9. The van der Waals surface area contributed by atoms with Crippen molar-refractivity contribution in [3.05, 3.63) is 52.9 Å². The van der Waals surface area contributed by atoms with E-state index in [1.54, 1.807) is 12.3 Å². The molecule has 2 atom stereocenters. The molecule has 1 aromatic heterocycles. The SMILES string of the molecule is OC1CC(c2ccccc2C(F)(F)F)N(Cc2cnoc2C2CC2)C1. The van der Waals surface area contributed by atoms with Crippen molar-refractivity contribution in [2.24, 2.45) is 0 Å². The molecule has 1 saturated carbocycles. The van der Waals surface area contributed by atoms with Crippen LogP contribution in [0.25, 0.3) is 0 Å². The van der Waals surface area contributed by atoms with E-state index in [0.29, 0.717) is 19.0 Å². The molecule has 134 valence electrons. The molecule has 0 bridgehead atoms. The molecule has 2 fully saturated rings. The Kier molecular flexibility index (Phi) is 4.08. The van der Waals surface area contributed by atoms with Crippen molar-refractivity contribution in [2.45, 2.75) is 50.0 Å². The van der Waals surface area contributed by atoms with E-state index in [1.807, 2.05) is 4.90 Å². The highest BCUT2D eigenvalue weighted by Gasteiger charge is 2.40. The summed E-state index contributed by atoms with van der Waals surface area (Å²) in [4.78, 5) is 1.90. The van der Waals surface area contributed by atoms with Crippen molar-refractivity contribution in [3.8, 4) is 0 Å². The molecule has 2 heterocycles. The van der Waals surface area contributed by atoms with E-state index in [0.717, 1.165) is 30.2 Å². The van der Waals surface area contributed by atoms with E-state index in [2.05, 4.69) is 5.16 Å². The largest absolute Gasteiger partial charge is 0.416 e. The lowest BCUT2D eigenvalue weighted by Gasteiger charge is -2.26. The molecule has 2 unspecified atom stereocenters. The van der Waals surface area contributed by atoms with Gasteiger partial charge in [0.1, 0.15) is 5.76 Å². The highest BCUT2D eigenvalue weighted by Crippen LogP contribution is 2.44. The Labute approximate surface area is 143 Å². The predicted molar refractivity (Wildman–Crippen MR) is 83.7 cm³/mol. The highest BCUT2D eigenvalue weighted by atomic mass is 19.4. The molecule has 2 aliphatic rings. The number of alkyl halides is 3. The van der Waals surface area contributed by atoms with Gasteiger partial charge >= 0.3 is 6.18 Å². The van der Waals surface area contributed by atoms with Gasteiger partial charge in [-0.25, -0.2) is 0 Å². The topological polar surface area (TPSA) is 49.5 Å². The van der Waals surface area contributed by atoms with Crippen molar-refractivity contribution in [2.75, 3.05) is 6.54 Å². The van der Waals surface area contributed by atoms with Crippen molar-refractivity contribution in [1.29, 1.82) is 0 Å². The van der Waals surface area contributed by atoms with Gasteiger partial charge in [0.2, 0.25) is 0 Å². The summed E-state index contributed by atoms with van der Waals surface area (Å²) in [5.74, 6) is 1.22. The molecule has 0 radical (unpaired) electrons. The monoisotopic (exact) mass is 352 g/mol. The second-order valence-electron chi connectivity index (χ2n) is 6.91. The van der Waals surface area contributed by atoms with Crippen LogP contribution in [0.15, 0.2) is 35.0 Å². The molecule has 1 N–H and O–H groups in total. The normalized spacial score (nSPS) is 24.8. The smallest absolute Gasteiger partial charge is 0.392 e. The van der Waals surface area contributed by atoms with Crippen LogP contribution < -0.4 is 0 Å². The first-order valence-corrected chi connectivity index (χ1v) is 8.45. The van der Waals surface area contributed by atoms with Crippen LogP contribution in [-0.4, -0.2) is 27.8 Å². The molecule has 4 rings (SSSR count). The molecular weight excluding hydrogens is 333 g/mol. The maximum absolute atomic E-state index is 13.4. The molecule has 0 amide bonds. The molecule has 1 aliphatic carbocycles. The minimum absolute atomic E-state index is 0.218. The van der Waals surface area contributed by atoms with Gasteiger partial charge in [-0.2, -0.15) is 13.2 Å². The second kappa shape index (κ2) is 6.14. The number of likely N-dealkylation sites (tertiary alicyclic amines) is 1. The Hall–Kier alpha value is -1.86. The average molecular weight is 352 g/mol. The zero-order chi connectivity index (χ0) is 17.6. The summed E-state index contributed by atoms with van der Waals surface area (Å²) < 4.78 is 45.5. The van der Waals surface area contributed by atoms with Gasteiger partial charge in [-0.05, 0) is 30.9 Å². The quantitative estimate of drug-likeness (QED) is 0.907. The van der Waals surface area contributed by atoms with Gasteiger partial charge < -0.3 is 9.63 Å². The lowest BCUT2D eigenvalue weighted by molar-refractivity contribution is -0.138. The van der Waals surface area contributed by atoms with Crippen molar-refractivity contribution >= 4 is 0 Å². The molecule has 2 aromatic rings. The lowest BCUT2D eigenvalue weighted by atomic mass is 9.97. The van der Waals surface area contributed by atoms with Crippen LogP contribution in [0, 0.1) is 0 Å². The number of aliphatic hydroxyl groups is 1. The molecule has 1 aromatic carbocycles. The van der Waals surface area contributed by atoms with Crippen LogP contribution >= 0.6 is 0 Å². The van der Waals surface area contributed by atoms with Crippen LogP contribution in [0.4, 0.5) is 13.2 Å². The van der Waals surface area contributed by atoms with Gasteiger partial charge in [-0.3, -0.25) is 4.90 Å². The number of β-amino-alcohol motifs (C(OH)–C–C–N with tert-alkyl or cyclic N) is 1. The molecular formula is C18H19F3N2O2. The number of hydrogen-bond donors (Lipinski definition) is 1. The number of halogens is 3. The average Bonchev–Trinajstić information content (AvgIpc) is 3.19. The fourth-order valence-corrected chi connectivity index (χ4v) is 3.71. The number of aromatic nitrogens is 1. The molecule has 1 saturated heterocycles. The summed E-state index contributed by atoms with van der Waals surface area (Å²) in [6.07, 6.45) is -0.999. The van der Waals surface area contributed by atoms with Crippen molar-refractivity contribution in [1.82, 2.24) is 10.1 Å². The maximum atomic E-state index is 13.4. The third-order valence-corrected chi connectivity index (χ3v) is 5.00. The van der Waals surface area contributed by atoms with E-state index in [4.69, 9.17) is 4.52 Å². The fraction of sp³-hybridized carbons (Fsp3) is 0.500. The number of nitrogens with zero attached hydrogens (tertiary/aromatic N) is 2. The van der Waals surface area contributed by atoms with Crippen LogP contribution in [0.5, 0.6) is 0 Å². The minimum Gasteiger partial charge on any atom is -0.392 e. The standard InChI is InChI=1S/C18H19F3N2O2/c19-18(20,21)15-4-2-1-3-14(15)16-7-13(24)10-23(16)9-12-8-22-25-17(12)11-5-6-11/h1-4,8,11,13,16,24H,5-7,9-10H2. The van der Waals surface area contributed by atoms with E-state index in [1.165, 1.54) is 12.1 Å². The van der Waals surface area contributed by atoms with Gasteiger partial charge in [-0.1, -0.05) is 23.4 Å². The maximum Gasteiger partial charge on any atom is 0.416 e. The zero-order valence-electron chi connectivity index (χ0n) is 13.5. The van der Waals surface area contributed by atoms with E-state index in [9.17, 15) is 18.3 Å². The molecule has 7 heteroatoms. The molecule has 4 nitrogen and oxygen atoms in total. The first-order valence-electron chi connectivity index (χ1n) is 8.45.